The lowest BCUT2D eigenvalue weighted by atomic mass is 9.87. The normalized spacial score (nSPS) is 15.9. The topological polar surface area (TPSA) is 61.0 Å². The Bertz CT molecular complexity index is 1160. The number of carbonyl (C=O) groups excluding carboxylic acids is 1. The van der Waals surface area contributed by atoms with Crippen molar-refractivity contribution in [1.29, 1.82) is 0 Å². The zero-order valence-corrected chi connectivity index (χ0v) is 21.9. The molecular weight excluding hydrogens is 420 g/mol. The number of pyridine rings is 1. The van der Waals surface area contributed by atoms with Gasteiger partial charge in [-0.2, -0.15) is 0 Å². The average molecular weight is 461 g/mol. The van der Waals surface area contributed by atoms with Crippen molar-refractivity contribution >= 4 is 16.8 Å². The van der Waals surface area contributed by atoms with E-state index in [0.29, 0.717) is 18.4 Å². The second-order valence-corrected chi connectivity index (χ2v) is 11.4. The Morgan fingerprint density at radius 1 is 1.12 bits per heavy atom. The van der Waals surface area contributed by atoms with Crippen LogP contribution in [0.25, 0.3) is 22.2 Å². The fraction of sp³-hybridized carbons (Fsp3) is 0.517. The largest absolute Gasteiger partial charge is 0.354 e. The maximum Gasteiger partial charge on any atom is 0.234 e. The van der Waals surface area contributed by atoms with Crippen LogP contribution in [0.15, 0.2) is 30.3 Å². The van der Waals surface area contributed by atoms with Gasteiger partial charge in [0, 0.05) is 33.4 Å². The van der Waals surface area contributed by atoms with E-state index in [1.54, 1.807) is 0 Å². The molecule has 1 aliphatic rings. The van der Waals surface area contributed by atoms with Gasteiger partial charge in [0.25, 0.3) is 0 Å². The Morgan fingerprint density at radius 3 is 2.35 bits per heavy atom. The third-order valence-electron chi connectivity index (χ3n) is 6.75. The number of nitrogens with zero attached hydrogens (tertiary/aromatic N) is 2. The molecule has 182 valence electrons. The number of benzene rings is 1. The molecule has 2 N–H and O–H groups in total. The van der Waals surface area contributed by atoms with Crippen molar-refractivity contribution in [1.82, 2.24) is 20.2 Å². The molecule has 1 aromatic carbocycles. The molecule has 2 aromatic heterocycles. The molecule has 1 amide bonds. The molecule has 0 bridgehead atoms. The van der Waals surface area contributed by atoms with E-state index in [9.17, 15) is 4.79 Å². The van der Waals surface area contributed by atoms with Crippen molar-refractivity contribution in [3.05, 3.63) is 52.8 Å². The monoisotopic (exact) mass is 460 g/mol. The van der Waals surface area contributed by atoms with E-state index in [1.807, 2.05) is 20.8 Å². The summed E-state index contributed by atoms with van der Waals surface area (Å²) in [4.78, 5) is 22.9. The maximum atomic E-state index is 12.3. The Balaban J connectivity index is 1.55. The molecule has 0 radical (unpaired) electrons. The summed E-state index contributed by atoms with van der Waals surface area (Å²) in [5.41, 5.74) is 8.36. The maximum absolute atomic E-state index is 12.3. The number of hydrogen-bond donors (Lipinski definition) is 2. The number of aromatic amines is 1. The van der Waals surface area contributed by atoms with Crippen molar-refractivity contribution in [3.8, 4) is 11.3 Å². The summed E-state index contributed by atoms with van der Waals surface area (Å²) in [5, 5.41) is 4.42. The number of nitrogens with one attached hydrogen (secondary N) is 2. The van der Waals surface area contributed by atoms with Gasteiger partial charge in [0.2, 0.25) is 5.91 Å². The zero-order valence-electron chi connectivity index (χ0n) is 21.9. The van der Waals surface area contributed by atoms with Crippen LogP contribution in [0.1, 0.15) is 81.8 Å². The van der Waals surface area contributed by atoms with E-state index < -0.39 is 0 Å². The first-order chi connectivity index (χ1) is 16.0. The number of amides is 1. The predicted octanol–water partition coefficient (Wildman–Crippen LogP) is 6.06. The van der Waals surface area contributed by atoms with Crippen LogP contribution in [0.3, 0.4) is 0 Å². The number of fused-ring (bicyclic) bond motifs is 1. The van der Waals surface area contributed by atoms with Gasteiger partial charge in [0.1, 0.15) is 0 Å². The third kappa shape index (κ3) is 5.52. The van der Waals surface area contributed by atoms with Crippen molar-refractivity contribution in [2.24, 2.45) is 0 Å². The van der Waals surface area contributed by atoms with Crippen molar-refractivity contribution < 1.29 is 4.79 Å². The lowest BCUT2D eigenvalue weighted by Gasteiger charge is -2.32. The van der Waals surface area contributed by atoms with Crippen LogP contribution in [0, 0.1) is 13.8 Å². The lowest BCUT2D eigenvalue weighted by Crippen LogP contribution is -2.47. The summed E-state index contributed by atoms with van der Waals surface area (Å²) in [5.74, 6) is 1.07. The van der Waals surface area contributed by atoms with Crippen molar-refractivity contribution in [3.63, 3.8) is 0 Å². The fourth-order valence-electron chi connectivity index (χ4n) is 5.38. The van der Waals surface area contributed by atoms with Gasteiger partial charge in [-0.25, -0.2) is 0 Å². The van der Waals surface area contributed by atoms with Gasteiger partial charge >= 0.3 is 0 Å². The van der Waals surface area contributed by atoms with E-state index in [2.05, 4.69) is 78.2 Å². The number of aryl methyl sites for hydroxylation is 2. The first-order valence-corrected chi connectivity index (χ1v) is 12.6. The molecule has 1 fully saturated rings. The Morgan fingerprint density at radius 2 is 1.76 bits per heavy atom. The lowest BCUT2D eigenvalue weighted by molar-refractivity contribution is -0.123. The van der Waals surface area contributed by atoms with Crippen LogP contribution >= 0.6 is 0 Å². The van der Waals surface area contributed by atoms with Crippen LogP contribution in [0.2, 0.25) is 0 Å². The van der Waals surface area contributed by atoms with E-state index in [4.69, 9.17) is 0 Å². The average Bonchev–Trinajstić information content (AvgIpc) is 3.11. The van der Waals surface area contributed by atoms with Gasteiger partial charge < -0.3 is 10.3 Å². The molecule has 5 nitrogen and oxygen atoms in total. The minimum atomic E-state index is -0.179. The highest BCUT2D eigenvalue weighted by atomic mass is 16.2. The third-order valence-corrected chi connectivity index (χ3v) is 6.75. The first kappa shape index (κ1) is 24.5. The smallest absolute Gasteiger partial charge is 0.234 e. The summed E-state index contributed by atoms with van der Waals surface area (Å²) in [7, 11) is 0. The fourth-order valence-corrected chi connectivity index (χ4v) is 5.38. The molecule has 5 heteroatoms. The summed E-state index contributed by atoms with van der Waals surface area (Å²) >= 11 is 0. The van der Waals surface area contributed by atoms with Gasteiger partial charge in [-0.1, -0.05) is 19.9 Å². The van der Waals surface area contributed by atoms with Gasteiger partial charge in [-0.05, 0) is 108 Å². The Labute approximate surface area is 204 Å². The van der Waals surface area contributed by atoms with E-state index in [1.165, 1.54) is 33.3 Å². The molecular formula is C29H40N4O. The number of hydrogen-bond acceptors (Lipinski definition) is 3. The van der Waals surface area contributed by atoms with Crippen LogP contribution in [-0.2, 0) is 4.79 Å². The molecule has 0 saturated carbocycles. The van der Waals surface area contributed by atoms with Crippen LogP contribution < -0.4 is 5.32 Å². The number of carbonyl (C=O) groups is 1. The molecule has 3 heterocycles. The molecule has 0 unspecified atom stereocenters. The summed E-state index contributed by atoms with van der Waals surface area (Å²) < 4.78 is 0. The highest BCUT2D eigenvalue weighted by Crippen LogP contribution is 2.38. The van der Waals surface area contributed by atoms with E-state index in [0.717, 1.165) is 37.3 Å². The number of likely N-dealkylation sites (tertiary alicyclic amines) is 1. The van der Waals surface area contributed by atoms with Crippen molar-refractivity contribution in [2.45, 2.75) is 78.7 Å². The highest BCUT2D eigenvalue weighted by Gasteiger charge is 2.25. The minimum Gasteiger partial charge on any atom is -0.354 e. The molecule has 0 aliphatic carbocycles. The zero-order chi connectivity index (χ0) is 24.6. The number of aromatic nitrogens is 2. The van der Waals surface area contributed by atoms with Gasteiger partial charge in [-0.15, -0.1) is 0 Å². The van der Waals surface area contributed by atoms with E-state index >= 15 is 0 Å². The number of rotatable bonds is 5. The van der Waals surface area contributed by atoms with E-state index in [-0.39, 0.29) is 11.4 Å². The summed E-state index contributed by atoms with van der Waals surface area (Å²) in [6, 6.07) is 11.3. The van der Waals surface area contributed by atoms with Gasteiger partial charge in [0.15, 0.2) is 0 Å². The molecule has 34 heavy (non-hydrogen) atoms. The van der Waals surface area contributed by atoms with Crippen LogP contribution in [-0.4, -0.2) is 45.9 Å². The minimum absolute atomic E-state index is 0.121. The van der Waals surface area contributed by atoms with Crippen LogP contribution in [0.4, 0.5) is 0 Å². The quantitative estimate of drug-likeness (QED) is 0.486. The number of piperidine rings is 1. The second kappa shape index (κ2) is 9.53. The SMILES string of the molecule is Cc1cc(-c2[nH]c3ccc(C4CCN(CC(=O)NC(C)(C)C)CC4)cc3c2C(C)C)cc(C)n1. The molecule has 4 rings (SSSR count). The highest BCUT2D eigenvalue weighted by molar-refractivity contribution is 5.92. The summed E-state index contributed by atoms with van der Waals surface area (Å²) in [6.45, 7) is 17.2. The first-order valence-electron chi connectivity index (χ1n) is 12.6. The summed E-state index contributed by atoms with van der Waals surface area (Å²) in [6.07, 6.45) is 2.18. The molecule has 0 spiro atoms. The van der Waals surface area contributed by atoms with Crippen LogP contribution in [0.5, 0.6) is 0 Å². The van der Waals surface area contributed by atoms with Gasteiger partial charge in [-0.3, -0.25) is 14.7 Å². The van der Waals surface area contributed by atoms with Gasteiger partial charge in [0.05, 0.1) is 12.2 Å². The molecule has 3 aromatic rings. The molecule has 0 atom stereocenters. The predicted molar refractivity (Wildman–Crippen MR) is 141 cm³/mol. The standard InChI is InChI=1S/C29H40N4O/c1-18(2)27-24-16-22(21-10-12-33(13-11-21)17-26(34)32-29(5,6)7)8-9-25(24)31-28(27)23-14-19(3)30-20(4)15-23/h8-9,14-16,18,21,31H,10-13,17H2,1-7H3,(H,32,34). The Kier molecular flexibility index (Phi) is 6.86. The second-order valence-electron chi connectivity index (χ2n) is 11.4. The molecule has 1 saturated heterocycles. The van der Waals surface area contributed by atoms with Crippen molar-refractivity contribution in [2.75, 3.05) is 19.6 Å². The Hall–Kier alpha value is -2.66. The number of H-pyrrole nitrogens is 1. The molecule has 1 aliphatic heterocycles.